The van der Waals surface area contributed by atoms with E-state index in [0.29, 0.717) is 11.8 Å². The molecule has 1 fully saturated rings. The zero-order valence-corrected chi connectivity index (χ0v) is 9.59. The number of rotatable bonds is 2. The van der Waals surface area contributed by atoms with Crippen molar-refractivity contribution < 1.29 is 9.90 Å². The van der Waals surface area contributed by atoms with Crippen LogP contribution in [0.1, 0.15) is 33.1 Å². The second-order valence-corrected chi connectivity index (χ2v) is 4.54. The van der Waals surface area contributed by atoms with Crippen molar-refractivity contribution in [3.8, 4) is 0 Å². The molecule has 1 saturated carbocycles. The zero-order valence-electron chi connectivity index (χ0n) is 8.77. The van der Waals surface area contributed by atoms with E-state index in [4.69, 9.17) is 10.8 Å². The second kappa shape index (κ2) is 5.56. The van der Waals surface area contributed by atoms with Crippen LogP contribution in [0.15, 0.2) is 0 Å². The Morgan fingerprint density at radius 3 is 2.07 bits per heavy atom. The summed E-state index contributed by atoms with van der Waals surface area (Å²) < 4.78 is 0. The number of hydrogen-bond acceptors (Lipinski definition) is 2. The quantitative estimate of drug-likeness (QED) is 0.749. The molecule has 0 spiro atoms. The molecule has 0 bridgehead atoms. The van der Waals surface area contributed by atoms with Crippen molar-refractivity contribution in [2.45, 2.75) is 39.2 Å². The van der Waals surface area contributed by atoms with Crippen LogP contribution < -0.4 is 5.73 Å². The third-order valence-electron chi connectivity index (χ3n) is 3.01. The Morgan fingerprint density at radius 2 is 1.71 bits per heavy atom. The number of hydrogen-bond donors (Lipinski definition) is 2. The summed E-state index contributed by atoms with van der Waals surface area (Å²) in [6.07, 6.45) is 3.15. The molecule has 4 heteroatoms. The van der Waals surface area contributed by atoms with Crippen molar-refractivity contribution in [1.29, 1.82) is 0 Å². The van der Waals surface area contributed by atoms with Crippen LogP contribution in [0.4, 0.5) is 0 Å². The van der Waals surface area contributed by atoms with E-state index in [0.717, 1.165) is 12.8 Å². The molecule has 0 aromatic carbocycles. The molecule has 1 rings (SSSR count). The third kappa shape index (κ3) is 3.46. The van der Waals surface area contributed by atoms with Crippen molar-refractivity contribution in [2.75, 3.05) is 0 Å². The number of halogens is 1. The SMILES string of the molecule is CC1CC(C)CC(C(N)C(=O)O)C1.Cl. The lowest BCUT2D eigenvalue weighted by Crippen LogP contribution is -2.41. The van der Waals surface area contributed by atoms with Crippen LogP contribution in [0.3, 0.4) is 0 Å². The minimum Gasteiger partial charge on any atom is -0.480 e. The number of carbonyl (C=O) groups is 1. The molecule has 1 aliphatic carbocycles. The first-order valence-corrected chi connectivity index (χ1v) is 4.99. The van der Waals surface area contributed by atoms with E-state index in [-0.39, 0.29) is 18.3 Å². The van der Waals surface area contributed by atoms with Gasteiger partial charge in [-0.1, -0.05) is 13.8 Å². The molecule has 1 aliphatic rings. The maximum atomic E-state index is 10.7. The predicted molar refractivity (Wildman–Crippen MR) is 58.5 cm³/mol. The molecule has 0 heterocycles. The highest BCUT2D eigenvalue weighted by atomic mass is 35.5. The monoisotopic (exact) mass is 221 g/mol. The highest BCUT2D eigenvalue weighted by Gasteiger charge is 2.31. The summed E-state index contributed by atoms with van der Waals surface area (Å²) in [5, 5.41) is 8.78. The van der Waals surface area contributed by atoms with Crippen LogP contribution >= 0.6 is 12.4 Å². The van der Waals surface area contributed by atoms with Gasteiger partial charge in [0.05, 0.1) is 0 Å². The molecule has 3 atom stereocenters. The molecular formula is C10H20ClNO2. The van der Waals surface area contributed by atoms with Gasteiger partial charge in [0.1, 0.15) is 6.04 Å². The molecule has 14 heavy (non-hydrogen) atoms. The molecule has 3 unspecified atom stereocenters. The summed E-state index contributed by atoms with van der Waals surface area (Å²) in [5.74, 6) is 0.570. The summed E-state index contributed by atoms with van der Waals surface area (Å²) in [5.41, 5.74) is 5.62. The first-order chi connectivity index (χ1) is 6.00. The minimum absolute atomic E-state index is 0. The van der Waals surface area contributed by atoms with E-state index in [1.165, 1.54) is 6.42 Å². The Hall–Kier alpha value is -0.280. The first kappa shape index (κ1) is 13.7. The molecule has 0 aliphatic heterocycles. The fourth-order valence-electron chi connectivity index (χ4n) is 2.50. The van der Waals surface area contributed by atoms with Gasteiger partial charge in [-0.25, -0.2) is 0 Å². The van der Waals surface area contributed by atoms with Gasteiger partial charge in [0.15, 0.2) is 0 Å². The Kier molecular flexibility index (Phi) is 5.45. The van der Waals surface area contributed by atoms with Gasteiger partial charge in [-0.3, -0.25) is 4.79 Å². The topological polar surface area (TPSA) is 63.3 Å². The third-order valence-corrected chi connectivity index (χ3v) is 3.01. The van der Waals surface area contributed by atoms with Crippen molar-refractivity contribution in [2.24, 2.45) is 23.5 Å². The van der Waals surface area contributed by atoms with Gasteiger partial charge < -0.3 is 10.8 Å². The van der Waals surface area contributed by atoms with Crippen LogP contribution in [-0.4, -0.2) is 17.1 Å². The van der Waals surface area contributed by atoms with Gasteiger partial charge in [-0.15, -0.1) is 12.4 Å². The molecule has 0 amide bonds. The van der Waals surface area contributed by atoms with Gasteiger partial charge >= 0.3 is 5.97 Å². The predicted octanol–water partition coefficient (Wildman–Crippen LogP) is 1.89. The molecule has 0 saturated heterocycles. The van der Waals surface area contributed by atoms with Gasteiger partial charge in [0.2, 0.25) is 0 Å². The Balaban J connectivity index is 0.00000169. The highest BCUT2D eigenvalue weighted by Crippen LogP contribution is 2.34. The van der Waals surface area contributed by atoms with Gasteiger partial charge in [0.25, 0.3) is 0 Å². The molecule has 84 valence electrons. The first-order valence-electron chi connectivity index (χ1n) is 4.99. The summed E-state index contributed by atoms with van der Waals surface area (Å²) >= 11 is 0. The number of aliphatic carboxylic acids is 1. The van der Waals surface area contributed by atoms with E-state index in [1.54, 1.807) is 0 Å². The highest BCUT2D eigenvalue weighted by molar-refractivity contribution is 5.85. The van der Waals surface area contributed by atoms with Gasteiger partial charge in [0, 0.05) is 0 Å². The van der Waals surface area contributed by atoms with Gasteiger partial charge in [-0.2, -0.15) is 0 Å². The largest absolute Gasteiger partial charge is 0.480 e. The lowest BCUT2D eigenvalue weighted by molar-refractivity contribution is -0.140. The Morgan fingerprint density at radius 1 is 1.29 bits per heavy atom. The lowest BCUT2D eigenvalue weighted by atomic mass is 9.74. The van der Waals surface area contributed by atoms with Crippen LogP contribution in [0.2, 0.25) is 0 Å². The summed E-state index contributed by atoms with van der Waals surface area (Å²) in [6.45, 7) is 4.36. The van der Waals surface area contributed by atoms with E-state index in [9.17, 15) is 4.79 Å². The average Bonchev–Trinajstić information content (AvgIpc) is 2.01. The lowest BCUT2D eigenvalue weighted by Gasteiger charge is -2.33. The molecular weight excluding hydrogens is 202 g/mol. The normalized spacial score (nSPS) is 34.4. The van der Waals surface area contributed by atoms with Crippen molar-refractivity contribution in [1.82, 2.24) is 0 Å². The van der Waals surface area contributed by atoms with Crippen LogP contribution in [0.25, 0.3) is 0 Å². The zero-order chi connectivity index (χ0) is 10.0. The Labute approximate surface area is 91.5 Å². The molecule has 3 nitrogen and oxygen atoms in total. The molecule has 0 aromatic heterocycles. The molecule has 0 aromatic rings. The minimum atomic E-state index is -0.855. The fourth-order valence-corrected chi connectivity index (χ4v) is 2.50. The van der Waals surface area contributed by atoms with Crippen molar-refractivity contribution >= 4 is 18.4 Å². The van der Waals surface area contributed by atoms with Crippen LogP contribution in [0, 0.1) is 17.8 Å². The van der Waals surface area contributed by atoms with Crippen LogP contribution in [0.5, 0.6) is 0 Å². The molecule has 3 N–H and O–H groups in total. The molecule has 0 radical (unpaired) electrons. The van der Waals surface area contributed by atoms with E-state index in [2.05, 4.69) is 13.8 Å². The second-order valence-electron chi connectivity index (χ2n) is 4.54. The Bertz CT molecular complexity index is 189. The van der Waals surface area contributed by atoms with Crippen molar-refractivity contribution in [3.63, 3.8) is 0 Å². The summed E-state index contributed by atoms with van der Waals surface area (Å²) in [7, 11) is 0. The van der Waals surface area contributed by atoms with E-state index < -0.39 is 12.0 Å². The number of carboxylic acids is 1. The number of nitrogens with two attached hydrogens (primary N) is 1. The smallest absolute Gasteiger partial charge is 0.320 e. The standard InChI is InChI=1S/C10H19NO2.ClH/c1-6-3-7(2)5-8(4-6)9(11)10(12)13;/h6-9H,3-5,11H2,1-2H3,(H,12,13);1H. The summed E-state index contributed by atoms with van der Waals surface area (Å²) in [4.78, 5) is 10.7. The van der Waals surface area contributed by atoms with Crippen molar-refractivity contribution in [3.05, 3.63) is 0 Å². The van der Waals surface area contributed by atoms with Gasteiger partial charge in [-0.05, 0) is 37.0 Å². The number of carboxylic acid groups (broad SMARTS) is 1. The average molecular weight is 222 g/mol. The maximum Gasteiger partial charge on any atom is 0.320 e. The van der Waals surface area contributed by atoms with E-state index >= 15 is 0 Å². The van der Waals surface area contributed by atoms with Crippen LogP contribution in [-0.2, 0) is 4.79 Å². The van der Waals surface area contributed by atoms with E-state index in [1.807, 2.05) is 0 Å². The maximum absolute atomic E-state index is 10.7. The fraction of sp³-hybridized carbons (Fsp3) is 0.900. The summed E-state index contributed by atoms with van der Waals surface area (Å²) in [6, 6.07) is -0.662.